The lowest BCUT2D eigenvalue weighted by atomic mass is 10.2. The lowest BCUT2D eigenvalue weighted by Gasteiger charge is -2.07. The number of halogens is 1. The van der Waals surface area contributed by atoms with E-state index < -0.39 is 25.6 Å². The van der Waals surface area contributed by atoms with Gasteiger partial charge in [0.25, 0.3) is 10.0 Å². The van der Waals surface area contributed by atoms with Crippen molar-refractivity contribution in [3.8, 4) is 0 Å². The van der Waals surface area contributed by atoms with E-state index >= 15 is 0 Å². The van der Waals surface area contributed by atoms with Crippen LogP contribution in [0.1, 0.15) is 5.56 Å². The maximum absolute atomic E-state index is 13.1. The van der Waals surface area contributed by atoms with Crippen LogP contribution in [0.25, 0.3) is 0 Å². The molecular formula is C12H14FN3O3S2. The number of hydrogen-bond acceptors (Lipinski definition) is 4. The molecule has 0 aliphatic heterocycles. The number of benzene rings is 1. The zero-order valence-corrected chi connectivity index (χ0v) is 13.3. The molecule has 0 spiro atoms. The lowest BCUT2D eigenvalue weighted by Crippen LogP contribution is -2.10. The molecule has 1 aromatic carbocycles. The Hall–Kier alpha value is -1.74. The molecule has 0 amide bonds. The van der Waals surface area contributed by atoms with Crippen molar-refractivity contribution in [1.29, 1.82) is 0 Å². The van der Waals surface area contributed by atoms with Gasteiger partial charge in [0.2, 0.25) is 5.16 Å². The van der Waals surface area contributed by atoms with Gasteiger partial charge in [-0.05, 0) is 30.7 Å². The molecule has 0 N–H and O–H groups in total. The van der Waals surface area contributed by atoms with Crippen LogP contribution in [0.3, 0.4) is 0 Å². The first-order valence-electron chi connectivity index (χ1n) is 5.85. The molecule has 9 heteroatoms. The van der Waals surface area contributed by atoms with E-state index in [0.717, 1.165) is 18.2 Å². The largest absolute Gasteiger partial charge is 0.326 e. The number of nitrogens with zero attached hydrogens (tertiary/aromatic N) is 3. The van der Waals surface area contributed by atoms with Gasteiger partial charge in [-0.25, -0.2) is 13.6 Å². The van der Waals surface area contributed by atoms with Gasteiger partial charge in [-0.2, -0.15) is 8.42 Å². The minimum absolute atomic E-state index is 0.0610. The van der Waals surface area contributed by atoms with Gasteiger partial charge in [0, 0.05) is 25.7 Å². The highest BCUT2D eigenvalue weighted by Gasteiger charge is 2.21. The van der Waals surface area contributed by atoms with Crippen LogP contribution in [0.5, 0.6) is 0 Å². The zero-order chi connectivity index (χ0) is 15.8. The maximum atomic E-state index is 13.1. The van der Waals surface area contributed by atoms with Crippen molar-refractivity contribution in [2.75, 3.05) is 6.26 Å². The monoisotopic (exact) mass is 331 g/mol. The molecule has 1 heterocycles. The van der Waals surface area contributed by atoms with E-state index in [1.165, 1.54) is 23.9 Å². The molecule has 0 aliphatic rings. The molecule has 0 saturated carbocycles. The summed E-state index contributed by atoms with van der Waals surface area (Å²) in [6.07, 6.45) is 4.15. The predicted octanol–water partition coefficient (Wildman–Crippen LogP) is 1.71. The summed E-state index contributed by atoms with van der Waals surface area (Å²) in [5.74, 6) is -0.548. The molecule has 0 aliphatic carbocycles. The fraction of sp³-hybridized carbons (Fsp3) is 0.250. The van der Waals surface area contributed by atoms with E-state index in [1.807, 2.05) is 0 Å². The highest BCUT2D eigenvalue weighted by atomic mass is 32.3. The SMILES string of the molecule is Cc1cc(F)ccc1S(=O)(=O)N=S(C)(=O)c1nccn1C. The molecular weight excluding hydrogens is 317 g/mol. The van der Waals surface area contributed by atoms with Gasteiger partial charge in [-0.3, -0.25) is 0 Å². The molecule has 1 atom stereocenters. The first-order valence-corrected chi connectivity index (χ1v) is 9.22. The third-order valence-corrected chi connectivity index (χ3v) is 6.78. The van der Waals surface area contributed by atoms with Crippen LogP contribution in [0.2, 0.25) is 0 Å². The minimum Gasteiger partial charge on any atom is -0.326 e. The normalized spacial score (nSPS) is 14.7. The van der Waals surface area contributed by atoms with Gasteiger partial charge < -0.3 is 4.57 Å². The van der Waals surface area contributed by atoms with Crippen LogP contribution in [-0.4, -0.2) is 28.4 Å². The Morgan fingerprint density at radius 1 is 1.29 bits per heavy atom. The molecule has 6 nitrogen and oxygen atoms in total. The van der Waals surface area contributed by atoms with Gasteiger partial charge in [0.05, 0.1) is 4.90 Å². The Kier molecular flexibility index (Phi) is 3.89. The Morgan fingerprint density at radius 3 is 2.48 bits per heavy atom. The van der Waals surface area contributed by atoms with Crippen LogP contribution < -0.4 is 0 Å². The maximum Gasteiger partial charge on any atom is 0.290 e. The predicted molar refractivity (Wildman–Crippen MR) is 76.3 cm³/mol. The summed E-state index contributed by atoms with van der Waals surface area (Å²) in [4.78, 5) is 3.70. The van der Waals surface area contributed by atoms with Crippen molar-refractivity contribution >= 4 is 19.8 Å². The third-order valence-electron chi connectivity index (χ3n) is 2.77. The van der Waals surface area contributed by atoms with Crippen molar-refractivity contribution in [2.24, 2.45) is 10.8 Å². The van der Waals surface area contributed by atoms with Crippen LogP contribution in [-0.2, 0) is 26.8 Å². The molecule has 114 valence electrons. The lowest BCUT2D eigenvalue weighted by molar-refractivity contribution is 0.595. The van der Waals surface area contributed by atoms with Crippen molar-refractivity contribution in [1.82, 2.24) is 9.55 Å². The quantitative estimate of drug-likeness (QED) is 0.857. The first-order chi connectivity index (χ1) is 9.63. The van der Waals surface area contributed by atoms with Gasteiger partial charge in [0.15, 0.2) is 0 Å². The highest BCUT2D eigenvalue weighted by Crippen LogP contribution is 2.21. The van der Waals surface area contributed by atoms with Gasteiger partial charge in [-0.1, -0.05) is 3.77 Å². The van der Waals surface area contributed by atoms with E-state index in [0.29, 0.717) is 0 Å². The Labute approximate surface area is 122 Å². The summed E-state index contributed by atoms with van der Waals surface area (Å²) in [6, 6.07) is 3.21. The first kappa shape index (κ1) is 15.6. The van der Waals surface area contributed by atoms with Crippen LogP contribution in [0.4, 0.5) is 4.39 Å². The van der Waals surface area contributed by atoms with E-state index in [9.17, 15) is 17.0 Å². The van der Waals surface area contributed by atoms with Crippen LogP contribution >= 0.6 is 0 Å². The number of aromatic nitrogens is 2. The number of aryl methyl sites for hydroxylation is 2. The number of imidazole rings is 1. The van der Waals surface area contributed by atoms with E-state index in [-0.39, 0.29) is 15.6 Å². The molecule has 0 radical (unpaired) electrons. The topological polar surface area (TPSA) is 81.4 Å². The second-order valence-corrected chi connectivity index (χ2v) is 8.54. The third kappa shape index (κ3) is 3.13. The Bertz CT molecular complexity index is 910. The van der Waals surface area contributed by atoms with Crippen molar-refractivity contribution < 1.29 is 17.0 Å². The van der Waals surface area contributed by atoms with E-state index in [1.54, 1.807) is 13.2 Å². The summed E-state index contributed by atoms with van der Waals surface area (Å²) < 4.78 is 55.1. The minimum atomic E-state index is -4.18. The van der Waals surface area contributed by atoms with Crippen LogP contribution in [0.15, 0.2) is 44.4 Å². The van der Waals surface area contributed by atoms with E-state index in [2.05, 4.69) is 8.75 Å². The van der Waals surface area contributed by atoms with Crippen molar-refractivity contribution in [2.45, 2.75) is 17.0 Å². The average molecular weight is 331 g/mol. The van der Waals surface area contributed by atoms with Crippen molar-refractivity contribution in [3.05, 3.63) is 42.0 Å². The molecule has 1 unspecified atom stereocenters. The van der Waals surface area contributed by atoms with Crippen molar-refractivity contribution in [3.63, 3.8) is 0 Å². The van der Waals surface area contributed by atoms with Gasteiger partial charge in [0.1, 0.15) is 15.5 Å². The second-order valence-electron chi connectivity index (χ2n) is 4.58. The number of hydrogen-bond donors (Lipinski definition) is 0. The highest BCUT2D eigenvalue weighted by molar-refractivity contribution is 8.02. The molecule has 0 saturated heterocycles. The molecule has 0 bridgehead atoms. The summed E-state index contributed by atoms with van der Waals surface area (Å²) in [5.41, 5.74) is 0.203. The average Bonchev–Trinajstić information content (AvgIpc) is 2.74. The second kappa shape index (κ2) is 5.23. The smallest absolute Gasteiger partial charge is 0.290 e. The summed E-state index contributed by atoms with van der Waals surface area (Å²) in [6.45, 7) is 1.45. The summed E-state index contributed by atoms with van der Waals surface area (Å²) in [5, 5.41) is 0.0610. The molecule has 0 fully saturated rings. The standard InChI is InChI=1S/C12H14FN3O3S2/c1-9-8-10(13)4-5-11(9)21(18,19)15-20(3,17)12-14-6-7-16(12)2/h4-8H,1-3H3. The summed E-state index contributed by atoms with van der Waals surface area (Å²) in [7, 11) is -5.82. The Balaban J connectivity index is 2.63. The fourth-order valence-corrected chi connectivity index (χ4v) is 5.52. The van der Waals surface area contributed by atoms with Crippen LogP contribution in [0, 0.1) is 12.7 Å². The molecule has 1 aromatic heterocycles. The van der Waals surface area contributed by atoms with Gasteiger partial charge in [-0.15, -0.1) is 0 Å². The number of sulfonamides is 1. The Morgan fingerprint density at radius 2 is 1.95 bits per heavy atom. The van der Waals surface area contributed by atoms with Gasteiger partial charge >= 0.3 is 0 Å². The fourth-order valence-electron chi connectivity index (χ4n) is 1.88. The number of rotatable bonds is 3. The molecule has 21 heavy (non-hydrogen) atoms. The van der Waals surface area contributed by atoms with E-state index in [4.69, 9.17) is 0 Å². The summed E-state index contributed by atoms with van der Waals surface area (Å²) >= 11 is 0. The zero-order valence-electron chi connectivity index (χ0n) is 11.6. The molecule has 2 rings (SSSR count). The molecule has 2 aromatic rings.